The van der Waals surface area contributed by atoms with Crippen molar-refractivity contribution in [2.24, 2.45) is 0 Å². The van der Waals surface area contributed by atoms with Crippen LogP contribution in [0.1, 0.15) is 77.8 Å². The molecule has 0 bridgehead atoms. The number of nitrogens with zero attached hydrogens (tertiary/aromatic N) is 4. The number of aromatic nitrogens is 2. The van der Waals surface area contributed by atoms with Gasteiger partial charge in [0, 0.05) is 42.8 Å². The van der Waals surface area contributed by atoms with Gasteiger partial charge < -0.3 is 20.3 Å². The fraction of sp³-hybridized carbons (Fsp3) is 0.464. The predicted octanol–water partition coefficient (Wildman–Crippen LogP) is 3.21. The van der Waals surface area contributed by atoms with E-state index in [1.54, 1.807) is 29.3 Å². The maximum Gasteiger partial charge on any atom is 0.410 e. The van der Waals surface area contributed by atoms with E-state index >= 15 is 0 Å². The first kappa shape index (κ1) is 25.1. The quantitative estimate of drug-likeness (QED) is 0.547. The van der Waals surface area contributed by atoms with Gasteiger partial charge in [-0.3, -0.25) is 24.0 Å². The van der Waals surface area contributed by atoms with Gasteiger partial charge in [-0.05, 0) is 57.6 Å². The van der Waals surface area contributed by atoms with Crippen LogP contribution in [-0.2, 0) is 16.1 Å². The second-order valence-electron chi connectivity index (χ2n) is 11.1. The third-order valence-corrected chi connectivity index (χ3v) is 8.10. The number of fused-ring (bicyclic) bond motifs is 1. The third-order valence-electron chi connectivity index (χ3n) is 8.10. The van der Waals surface area contributed by atoms with Crippen molar-refractivity contribution < 1.29 is 23.9 Å². The first-order chi connectivity index (χ1) is 18.7. The van der Waals surface area contributed by atoms with E-state index in [0.29, 0.717) is 49.4 Å². The van der Waals surface area contributed by atoms with Gasteiger partial charge in [-0.25, -0.2) is 4.79 Å². The van der Waals surface area contributed by atoms with Gasteiger partial charge in [0.1, 0.15) is 11.6 Å². The van der Waals surface area contributed by atoms with Crippen molar-refractivity contribution in [3.05, 3.63) is 59.6 Å². The molecular weight excluding hydrogens is 500 g/mol. The third kappa shape index (κ3) is 4.77. The normalized spacial score (nSPS) is 22.5. The van der Waals surface area contributed by atoms with Crippen molar-refractivity contribution >= 4 is 29.5 Å². The Bertz CT molecular complexity index is 1370. The summed E-state index contributed by atoms with van der Waals surface area (Å²) in [4.78, 5) is 54.2. The van der Waals surface area contributed by atoms with E-state index in [0.717, 1.165) is 36.1 Å². The first-order valence-corrected chi connectivity index (χ1v) is 13.5. The van der Waals surface area contributed by atoms with Crippen LogP contribution in [-0.4, -0.2) is 68.1 Å². The minimum absolute atomic E-state index is 0.186. The number of amides is 4. The number of ether oxygens (including phenoxy) is 1. The summed E-state index contributed by atoms with van der Waals surface area (Å²) in [6, 6.07) is 4.44. The van der Waals surface area contributed by atoms with Crippen LogP contribution in [0.5, 0.6) is 0 Å². The van der Waals surface area contributed by atoms with E-state index in [9.17, 15) is 19.2 Å². The standard InChI is InChI=1S/C28H32N6O5/c1-17-6-7-22(24(35)31-17)34-25(36)20-4-3-5-21(23(20)26(34)37)29-14-18-15-30-33(16-18)19-8-12-32(13-9-19)27(38)39-28(2)10-11-28/h3-5,15-16,19,22,29H,1,6-14H2,2H3,(H,31,35). The van der Waals surface area contributed by atoms with E-state index < -0.39 is 17.9 Å². The first-order valence-electron chi connectivity index (χ1n) is 13.5. The van der Waals surface area contributed by atoms with Gasteiger partial charge in [0.2, 0.25) is 5.91 Å². The van der Waals surface area contributed by atoms with Crippen molar-refractivity contribution in [2.45, 2.75) is 69.7 Å². The highest BCUT2D eigenvalue weighted by Crippen LogP contribution is 2.39. The lowest BCUT2D eigenvalue weighted by Crippen LogP contribution is -2.51. The van der Waals surface area contributed by atoms with Crippen LogP contribution in [0.3, 0.4) is 0 Å². The van der Waals surface area contributed by atoms with E-state index in [2.05, 4.69) is 22.3 Å². The van der Waals surface area contributed by atoms with Gasteiger partial charge in [-0.1, -0.05) is 12.6 Å². The Morgan fingerprint density at radius 2 is 1.95 bits per heavy atom. The number of likely N-dealkylation sites (tertiary alicyclic amines) is 1. The van der Waals surface area contributed by atoms with Crippen molar-refractivity contribution in [2.75, 3.05) is 18.4 Å². The van der Waals surface area contributed by atoms with E-state index in [-0.39, 0.29) is 29.2 Å². The lowest BCUT2D eigenvalue weighted by atomic mass is 10.0. The molecule has 0 radical (unpaired) electrons. The zero-order chi connectivity index (χ0) is 27.3. The van der Waals surface area contributed by atoms with Gasteiger partial charge in [-0.15, -0.1) is 0 Å². The molecule has 3 fully saturated rings. The van der Waals surface area contributed by atoms with Crippen molar-refractivity contribution in [3.63, 3.8) is 0 Å². The van der Waals surface area contributed by atoms with E-state index in [4.69, 9.17) is 4.74 Å². The number of carbonyl (C=O) groups excluding carboxylic acids is 4. The Morgan fingerprint density at radius 3 is 2.67 bits per heavy atom. The predicted molar refractivity (Wildman–Crippen MR) is 141 cm³/mol. The van der Waals surface area contributed by atoms with Gasteiger partial charge in [-0.2, -0.15) is 5.10 Å². The highest BCUT2D eigenvalue weighted by Gasteiger charge is 2.45. The zero-order valence-electron chi connectivity index (χ0n) is 21.9. The second kappa shape index (κ2) is 9.55. The number of piperidine rings is 2. The molecule has 1 aromatic heterocycles. The molecule has 11 heteroatoms. The maximum absolute atomic E-state index is 13.3. The van der Waals surface area contributed by atoms with Crippen molar-refractivity contribution in [1.29, 1.82) is 0 Å². The highest BCUT2D eigenvalue weighted by molar-refractivity contribution is 6.25. The Kier molecular flexibility index (Phi) is 6.16. The maximum atomic E-state index is 13.3. The number of anilines is 1. The Labute approximate surface area is 226 Å². The molecule has 1 saturated carbocycles. The Hall–Kier alpha value is -4.15. The molecule has 2 aromatic rings. The average molecular weight is 533 g/mol. The van der Waals surface area contributed by atoms with Gasteiger partial charge in [0.05, 0.1) is 23.4 Å². The minimum atomic E-state index is -0.848. The molecule has 1 aromatic carbocycles. The fourth-order valence-corrected chi connectivity index (χ4v) is 5.47. The van der Waals surface area contributed by atoms with Gasteiger partial charge in [0.15, 0.2) is 0 Å². The molecule has 4 amide bonds. The summed E-state index contributed by atoms with van der Waals surface area (Å²) in [7, 11) is 0. The number of allylic oxidation sites excluding steroid dienone is 1. The smallest absolute Gasteiger partial charge is 0.410 e. The second-order valence-corrected chi connectivity index (χ2v) is 11.1. The molecule has 4 heterocycles. The summed E-state index contributed by atoms with van der Waals surface area (Å²) in [6.45, 7) is 7.40. The van der Waals surface area contributed by atoms with Crippen LogP contribution < -0.4 is 10.6 Å². The molecule has 3 aliphatic heterocycles. The molecule has 11 nitrogen and oxygen atoms in total. The molecule has 1 unspecified atom stereocenters. The largest absolute Gasteiger partial charge is 0.443 e. The molecule has 6 rings (SSSR count). The van der Waals surface area contributed by atoms with E-state index in [1.807, 2.05) is 17.8 Å². The van der Waals surface area contributed by atoms with Crippen molar-refractivity contribution in [1.82, 2.24) is 24.9 Å². The molecule has 1 atom stereocenters. The summed E-state index contributed by atoms with van der Waals surface area (Å²) in [5.41, 5.74) is 2.36. The van der Waals surface area contributed by atoms with Crippen LogP contribution in [0.2, 0.25) is 0 Å². The molecule has 0 spiro atoms. The number of hydrogen-bond acceptors (Lipinski definition) is 7. The topological polar surface area (TPSA) is 126 Å². The Balaban J connectivity index is 1.08. The molecule has 2 N–H and O–H groups in total. The van der Waals surface area contributed by atoms with Crippen LogP contribution in [0.25, 0.3) is 0 Å². The molecule has 2 saturated heterocycles. The van der Waals surface area contributed by atoms with Crippen LogP contribution in [0.15, 0.2) is 42.9 Å². The zero-order valence-corrected chi connectivity index (χ0v) is 21.9. The van der Waals surface area contributed by atoms with E-state index in [1.165, 1.54) is 0 Å². The SMILES string of the molecule is C=C1CCC(N2C(=O)c3cccc(NCc4cnn(C5CCN(C(=O)OC6(C)CC6)CC5)c4)c3C2=O)C(=O)N1. The summed E-state index contributed by atoms with van der Waals surface area (Å²) >= 11 is 0. The summed E-state index contributed by atoms with van der Waals surface area (Å²) in [6.07, 6.45) is 7.85. The number of rotatable bonds is 6. The minimum Gasteiger partial charge on any atom is -0.443 e. The Morgan fingerprint density at radius 1 is 1.18 bits per heavy atom. The average Bonchev–Trinajstić information content (AvgIpc) is 3.35. The summed E-state index contributed by atoms with van der Waals surface area (Å²) in [5.74, 6) is -1.31. The number of imide groups is 1. The van der Waals surface area contributed by atoms with Crippen LogP contribution >= 0.6 is 0 Å². The van der Waals surface area contributed by atoms with Gasteiger partial charge in [0.25, 0.3) is 11.8 Å². The number of nitrogens with one attached hydrogen (secondary N) is 2. The molecule has 1 aliphatic carbocycles. The number of carbonyl (C=O) groups is 4. The molecule has 4 aliphatic rings. The lowest BCUT2D eigenvalue weighted by molar-refractivity contribution is -0.125. The molecule has 204 valence electrons. The summed E-state index contributed by atoms with van der Waals surface area (Å²) < 4.78 is 7.52. The number of benzene rings is 1. The van der Waals surface area contributed by atoms with Crippen LogP contribution in [0, 0.1) is 0 Å². The fourth-order valence-electron chi connectivity index (χ4n) is 5.47. The highest BCUT2D eigenvalue weighted by atomic mass is 16.6. The monoisotopic (exact) mass is 532 g/mol. The lowest BCUT2D eigenvalue weighted by Gasteiger charge is -2.32. The van der Waals surface area contributed by atoms with Gasteiger partial charge >= 0.3 is 6.09 Å². The molecular formula is C28H32N6O5. The van der Waals surface area contributed by atoms with Crippen molar-refractivity contribution in [3.8, 4) is 0 Å². The molecule has 39 heavy (non-hydrogen) atoms. The summed E-state index contributed by atoms with van der Waals surface area (Å²) in [5, 5.41) is 10.5. The number of hydrogen-bond donors (Lipinski definition) is 2. The van der Waals surface area contributed by atoms with Crippen LogP contribution in [0.4, 0.5) is 10.5 Å².